The number of halogens is 1. The Morgan fingerprint density at radius 2 is 1.73 bits per heavy atom. The molecule has 3 aliphatic heterocycles. The number of nitrogens with one attached hydrogen (secondary N) is 1. The molecule has 55 heavy (non-hydrogen) atoms. The molecule has 0 saturated carbocycles. The van der Waals surface area contributed by atoms with Crippen LogP contribution in [0.25, 0.3) is 0 Å². The van der Waals surface area contributed by atoms with Crippen molar-refractivity contribution in [3.63, 3.8) is 0 Å². The molecule has 3 amide bonds. The van der Waals surface area contributed by atoms with Gasteiger partial charge in [-0.2, -0.15) is 0 Å². The van der Waals surface area contributed by atoms with Crippen LogP contribution in [-0.4, -0.2) is 88.6 Å². The zero-order valence-corrected chi connectivity index (χ0v) is 32.7. The minimum atomic E-state index is -1.43. The summed E-state index contributed by atoms with van der Waals surface area (Å²) in [5.74, 6) is -3.37. The zero-order valence-electron chi connectivity index (χ0n) is 31.1. The van der Waals surface area contributed by atoms with Gasteiger partial charge < -0.3 is 34.4 Å². The number of benzene rings is 3. The quantitative estimate of drug-likeness (QED) is 0.106. The van der Waals surface area contributed by atoms with Crippen molar-refractivity contribution in [2.45, 2.75) is 73.4 Å². The summed E-state index contributed by atoms with van der Waals surface area (Å²) >= 11 is 3.75. The first-order valence-corrected chi connectivity index (χ1v) is 19.5. The first kappa shape index (κ1) is 39.9. The number of hydrogen-bond donors (Lipinski definition) is 2. The average molecular weight is 815 g/mol. The summed E-state index contributed by atoms with van der Waals surface area (Å²) < 4.78 is 18.5. The fourth-order valence-electron chi connectivity index (χ4n) is 8.45. The molecule has 0 aromatic heterocycles. The zero-order chi connectivity index (χ0) is 39.3. The van der Waals surface area contributed by atoms with Gasteiger partial charge in [-0.3, -0.25) is 19.2 Å². The standard InChI is InChI=1S/C43H48BrN3O8/c1-5-7-18-34(49)45-27(3)37(29-16-12-9-13-17-29)54-42(52)35-36-40(50)47(31(26-48)24-28-14-10-8-11-15-28)39(43(36)25-33(44)38(35)55-43)41(51)46(23-6-2)30-19-21-32(53-4)22-20-30/h5-6,8-17,19-22,27,31,33,35-39,48H,1-2,7,18,23-26H2,3-4H3,(H,45,49)/t27-,31-,33?,35-,36+,37-,38-,39-,43+/m1/s1. The van der Waals surface area contributed by atoms with Crippen molar-refractivity contribution >= 4 is 45.3 Å². The van der Waals surface area contributed by atoms with E-state index in [1.54, 1.807) is 55.4 Å². The van der Waals surface area contributed by atoms with E-state index in [1.807, 2.05) is 60.7 Å². The Kier molecular flexibility index (Phi) is 12.6. The van der Waals surface area contributed by atoms with Crippen molar-refractivity contribution in [1.82, 2.24) is 10.2 Å². The normalized spacial score (nSPS) is 25.3. The van der Waals surface area contributed by atoms with E-state index in [4.69, 9.17) is 14.2 Å². The number of nitrogens with zero attached hydrogens (tertiary/aromatic N) is 2. The first-order chi connectivity index (χ1) is 26.6. The van der Waals surface area contributed by atoms with Crippen molar-refractivity contribution in [2.75, 3.05) is 25.2 Å². The minimum absolute atomic E-state index is 0.120. The highest BCUT2D eigenvalue weighted by molar-refractivity contribution is 9.09. The lowest BCUT2D eigenvalue weighted by Crippen LogP contribution is -2.59. The van der Waals surface area contributed by atoms with Gasteiger partial charge in [-0.25, -0.2) is 0 Å². The largest absolute Gasteiger partial charge is 0.497 e. The van der Waals surface area contributed by atoms with Gasteiger partial charge in [0.15, 0.2) is 0 Å². The fourth-order valence-corrected chi connectivity index (χ4v) is 9.39. The summed E-state index contributed by atoms with van der Waals surface area (Å²) in [4.78, 5) is 60.3. The summed E-state index contributed by atoms with van der Waals surface area (Å²) in [7, 11) is 1.56. The van der Waals surface area contributed by atoms with Crippen LogP contribution >= 0.6 is 15.9 Å². The Balaban J connectivity index is 1.40. The molecule has 1 spiro atoms. The van der Waals surface area contributed by atoms with Crippen molar-refractivity contribution in [3.8, 4) is 5.75 Å². The van der Waals surface area contributed by atoms with Gasteiger partial charge in [0.1, 0.15) is 23.5 Å². The molecule has 3 saturated heterocycles. The van der Waals surface area contributed by atoms with E-state index in [1.165, 1.54) is 4.90 Å². The number of alkyl halides is 1. The summed E-state index contributed by atoms with van der Waals surface area (Å²) in [5, 5.41) is 13.9. The van der Waals surface area contributed by atoms with Gasteiger partial charge in [0.2, 0.25) is 11.8 Å². The van der Waals surface area contributed by atoms with Gasteiger partial charge in [-0.1, -0.05) is 88.7 Å². The number of likely N-dealkylation sites (tertiary alicyclic amines) is 1. The SMILES string of the molecule is C=CCCC(=O)N[C@H](C)[C@@H](OC(=O)[C@H]1[C@@H]2O[C@@]3(CC2Br)[C@@H]1C(=O)N([C@@H](CO)Cc1ccccc1)[C@@H]3C(=O)N(CC=C)c1ccc(OC)cc1)c1ccccc1. The number of rotatable bonds is 17. The highest BCUT2D eigenvalue weighted by Gasteiger charge is 2.77. The summed E-state index contributed by atoms with van der Waals surface area (Å²) in [6.07, 6.45) is 2.83. The number of esters is 1. The van der Waals surface area contributed by atoms with Crippen molar-refractivity contribution in [1.29, 1.82) is 0 Å². The maximum absolute atomic E-state index is 15.2. The Bertz CT molecular complexity index is 1860. The monoisotopic (exact) mass is 813 g/mol. The van der Waals surface area contributed by atoms with Gasteiger partial charge in [0.05, 0.1) is 43.7 Å². The van der Waals surface area contributed by atoms with Gasteiger partial charge in [-0.05, 0) is 61.6 Å². The molecule has 3 aromatic rings. The van der Waals surface area contributed by atoms with Gasteiger partial charge >= 0.3 is 5.97 Å². The molecule has 290 valence electrons. The van der Waals surface area contributed by atoms with Crippen molar-refractivity contribution in [3.05, 3.63) is 121 Å². The van der Waals surface area contributed by atoms with Crippen molar-refractivity contribution in [2.24, 2.45) is 11.8 Å². The molecule has 3 aromatic carbocycles. The number of amides is 3. The molecular formula is C43H48BrN3O8. The number of carbonyl (C=O) groups excluding carboxylic acids is 4. The second kappa shape index (κ2) is 17.3. The van der Waals surface area contributed by atoms with Crippen LogP contribution in [0, 0.1) is 11.8 Å². The van der Waals surface area contributed by atoms with Crippen LogP contribution in [0.2, 0.25) is 0 Å². The number of allylic oxidation sites excluding steroid dienone is 1. The van der Waals surface area contributed by atoms with Crippen LogP contribution in [-0.2, 0) is 35.1 Å². The van der Waals surface area contributed by atoms with Crippen LogP contribution < -0.4 is 15.0 Å². The van der Waals surface area contributed by atoms with E-state index in [9.17, 15) is 14.7 Å². The Hall–Kier alpha value is -4.78. The number of aliphatic hydroxyl groups is 1. The highest BCUT2D eigenvalue weighted by Crippen LogP contribution is 2.61. The summed E-state index contributed by atoms with van der Waals surface area (Å²) in [6.45, 7) is 9.04. The number of hydrogen-bond acceptors (Lipinski definition) is 8. The van der Waals surface area contributed by atoms with E-state index in [0.717, 1.165) is 5.56 Å². The molecule has 3 heterocycles. The predicted octanol–water partition coefficient (Wildman–Crippen LogP) is 5.32. The maximum Gasteiger partial charge on any atom is 0.313 e. The Morgan fingerprint density at radius 1 is 1.05 bits per heavy atom. The van der Waals surface area contributed by atoms with E-state index >= 15 is 9.59 Å². The van der Waals surface area contributed by atoms with E-state index in [-0.39, 0.29) is 31.7 Å². The Morgan fingerprint density at radius 3 is 2.35 bits per heavy atom. The van der Waals surface area contributed by atoms with Crippen LogP contribution in [0.3, 0.4) is 0 Å². The molecule has 9 atom stereocenters. The molecule has 12 heteroatoms. The first-order valence-electron chi connectivity index (χ1n) is 18.6. The molecule has 11 nitrogen and oxygen atoms in total. The van der Waals surface area contributed by atoms with Crippen LogP contribution in [0.4, 0.5) is 5.69 Å². The molecular weight excluding hydrogens is 766 g/mol. The maximum atomic E-state index is 15.2. The number of aliphatic hydroxyl groups excluding tert-OH is 1. The number of fused-ring (bicyclic) bond motifs is 1. The van der Waals surface area contributed by atoms with Crippen molar-refractivity contribution < 1.29 is 38.5 Å². The second-order valence-corrected chi connectivity index (χ2v) is 15.5. The lowest BCUT2D eigenvalue weighted by atomic mass is 9.70. The van der Waals surface area contributed by atoms with Gasteiger partial charge in [0.25, 0.3) is 5.91 Å². The van der Waals surface area contributed by atoms with Crippen LogP contribution in [0.15, 0.2) is 110 Å². The van der Waals surface area contributed by atoms with Gasteiger partial charge in [0, 0.05) is 23.5 Å². The Labute approximate surface area is 330 Å². The van der Waals surface area contributed by atoms with E-state index in [0.29, 0.717) is 23.4 Å². The molecule has 2 bridgehead atoms. The lowest BCUT2D eigenvalue weighted by molar-refractivity contribution is -0.162. The molecule has 3 aliphatic rings. The smallest absolute Gasteiger partial charge is 0.313 e. The van der Waals surface area contributed by atoms with Gasteiger partial charge in [-0.15, -0.1) is 13.2 Å². The molecule has 1 unspecified atom stereocenters. The summed E-state index contributed by atoms with van der Waals surface area (Å²) in [6, 6.07) is 22.9. The minimum Gasteiger partial charge on any atom is -0.497 e. The van der Waals surface area contributed by atoms with Crippen LogP contribution in [0.1, 0.15) is 43.4 Å². The number of carbonyl (C=O) groups is 4. The third-order valence-electron chi connectivity index (χ3n) is 10.9. The second-order valence-electron chi connectivity index (χ2n) is 14.3. The van der Waals surface area contributed by atoms with E-state index < -0.39 is 77.0 Å². The number of ether oxygens (including phenoxy) is 3. The topological polar surface area (TPSA) is 135 Å². The highest BCUT2D eigenvalue weighted by atomic mass is 79.9. The number of methoxy groups -OCH3 is 1. The molecule has 0 aliphatic carbocycles. The third kappa shape index (κ3) is 7.85. The molecule has 2 N–H and O–H groups in total. The third-order valence-corrected chi connectivity index (χ3v) is 11.7. The fraction of sp³-hybridized carbons (Fsp3) is 0.395. The molecule has 3 fully saturated rings. The van der Waals surface area contributed by atoms with E-state index in [2.05, 4.69) is 34.4 Å². The van der Waals surface area contributed by atoms with Crippen LogP contribution in [0.5, 0.6) is 5.75 Å². The molecule has 6 rings (SSSR count). The predicted molar refractivity (Wildman–Crippen MR) is 211 cm³/mol. The average Bonchev–Trinajstić information content (AvgIpc) is 3.80. The lowest BCUT2D eigenvalue weighted by Gasteiger charge is -2.39. The number of anilines is 1. The molecule has 0 radical (unpaired) electrons. The summed E-state index contributed by atoms with van der Waals surface area (Å²) in [5.41, 5.74) is 0.647.